The first kappa shape index (κ1) is 19.2. The summed E-state index contributed by atoms with van der Waals surface area (Å²) in [5, 5.41) is 23.3. The van der Waals surface area contributed by atoms with Crippen LogP contribution in [0.3, 0.4) is 0 Å². The fraction of sp³-hybridized carbons (Fsp3) is 0.333. The smallest absolute Gasteiger partial charge is 0.181 e. The molecule has 0 fully saturated rings. The van der Waals surface area contributed by atoms with Crippen LogP contribution in [-0.2, 0) is 18.8 Å². The first-order valence-corrected chi connectivity index (χ1v) is 8.79. The number of rotatable bonds is 5. The second kappa shape index (κ2) is 7.58. The quantitative estimate of drug-likeness (QED) is 0.673. The number of carbonyl (C=O) groups is 1. The maximum absolute atomic E-state index is 15.6. The Morgan fingerprint density at radius 1 is 1.38 bits per heavy atom. The molecule has 1 aromatic heterocycles. The van der Waals surface area contributed by atoms with Crippen LogP contribution in [0, 0.1) is 0 Å². The summed E-state index contributed by atoms with van der Waals surface area (Å²) in [7, 11) is 0. The Morgan fingerprint density at radius 3 is 2.88 bits per heavy atom. The van der Waals surface area contributed by atoms with E-state index in [0.29, 0.717) is 21.2 Å². The van der Waals surface area contributed by atoms with Crippen molar-refractivity contribution in [2.45, 2.75) is 37.9 Å². The number of aromatic nitrogens is 1. The average molecular weight is 399 g/mol. The maximum atomic E-state index is 15.6. The molecular weight excluding hydrogens is 382 g/mol. The van der Waals surface area contributed by atoms with Gasteiger partial charge in [0.15, 0.2) is 11.5 Å². The van der Waals surface area contributed by atoms with E-state index in [1.807, 2.05) is 0 Å². The van der Waals surface area contributed by atoms with Crippen molar-refractivity contribution >= 4 is 29.0 Å². The molecule has 3 rings (SSSR count). The van der Waals surface area contributed by atoms with Crippen LogP contribution in [0.2, 0.25) is 10.0 Å². The number of fused-ring (bicyclic) bond motifs is 1. The molecule has 138 valence electrons. The molecule has 2 aromatic rings. The molecule has 0 bridgehead atoms. The lowest BCUT2D eigenvalue weighted by Crippen LogP contribution is -2.48. The van der Waals surface area contributed by atoms with Gasteiger partial charge in [-0.1, -0.05) is 29.3 Å². The molecule has 0 aliphatic heterocycles. The normalized spacial score (nSPS) is 20.7. The Balaban J connectivity index is 1.84. The van der Waals surface area contributed by atoms with Gasteiger partial charge in [0.1, 0.15) is 11.9 Å². The minimum absolute atomic E-state index is 0.0161. The topological polar surface area (TPSA) is 82.5 Å². The van der Waals surface area contributed by atoms with Gasteiger partial charge in [0.2, 0.25) is 0 Å². The van der Waals surface area contributed by atoms with Gasteiger partial charge < -0.3 is 10.2 Å². The zero-order valence-electron chi connectivity index (χ0n) is 13.7. The molecule has 1 heterocycles. The van der Waals surface area contributed by atoms with Crippen LogP contribution in [-0.4, -0.2) is 27.2 Å². The average Bonchev–Trinajstić information content (AvgIpc) is 2.63. The van der Waals surface area contributed by atoms with Crippen LogP contribution in [0.5, 0.6) is 0 Å². The SMILES string of the molecule is O=C1CCC(F)(C(O)NCc2c(Cl)cc(Cl)cc2CO)c2cccnc21. The molecule has 0 saturated heterocycles. The monoisotopic (exact) mass is 398 g/mol. The van der Waals surface area contributed by atoms with Crippen molar-refractivity contribution in [1.82, 2.24) is 10.3 Å². The Bertz CT molecular complexity index is 849. The summed E-state index contributed by atoms with van der Waals surface area (Å²) in [6.07, 6.45) is -0.358. The van der Waals surface area contributed by atoms with Crippen molar-refractivity contribution < 1.29 is 19.4 Å². The fourth-order valence-electron chi connectivity index (χ4n) is 3.15. The lowest BCUT2D eigenvalue weighted by Gasteiger charge is -2.35. The largest absolute Gasteiger partial charge is 0.392 e. The van der Waals surface area contributed by atoms with Crippen LogP contribution in [0.1, 0.15) is 40.0 Å². The Hall–Kier alpha value is -1.57. The van der Waals surface area contributed by atoms with E-state index in [0.717, 1.165) is 0 Å². The number of nitrogens with zero attached hydrogens (tertiary/aromatic N) is 1. The zero-order valence-corrected chi connectivity index (χ0v) is 15.2. The lowest BCUT2D eigenvalue weighted by atomic mass is 9.81. The van der Waals surface area contributed by atoms with E-state index in [9.17, 15) is 15.0 Å². The highest BCUT2D eigenvalue weighted by Gasteiger charge is 2.46. The summed E-state index contributed by atoms with van der Waals surface area (Å²) >= 11 is 12.1. The van der Waals surface area contributed by atoms with Crippen molar-refractivity contribution in [2.75, 3.05) is 0 Å². The molecule has 3 N–H and O–H groups in total. The summed E-state index contributed by atoms with van der Waals surface area (Å²) < 4.78 is 15.6. The van der Waals surface area contributed by atoms with Gasteiger partial charge in [-0.2, -0.15) is 0 Å². The van der Waals surface area contributed by atoms with Crippen LogP contribution < -0.4 is 5.32 Å². The number of aliphatic hydroxyl groups is 2. The Kier molecular flexibility index (Phi) is 5.60. The van der Waals surface area contributed by atoms with Gasteiger partial charge in [-0.05, 0) is 35.7 Å². The first-order chi connectivity index (χ1) is 12.4. The summed E-state index contributed by atoms with van der Waals surface area (Å²) in [6.45, 7) is -0.280. The van der Waals surface area contributed by atoms with Crippen molar-refractivity contribution in [3.63, 3.8) is 0 Å². The van der Waals surface area contributed by atoms with Gasteiger partial charge in [-0.15, -0.1) is 0 Å². The lowest BCUT2D eigenvalue weighted by molar-refractivity contribution is -0.0447. The standard InChI is InChI=1S/C18H17Cl2FN2O3/c19-11-6-10(9-24)12(14(20)7-11)8-23-17(26)18(21)4-3-15(25)16-13(18)2-1-5-22-16/h1-2,5-7,17,23-24,26H,3-4,8-9H2. The highest BCUT2D eigenvalue weighted by atomic mass is 35.5. The number of aliphatic hydroxyl groups excluding tert-OH is 2. The first-order valence-electron chi connectivity index (χ1n) is 8.03. The van der Waals surface area contributed by atoms with Crippen LogP contribution >= 0.6 is 23.2 Å². The van der Waals surface area contributed by atoms with E-state index in [4.69, 9.17) is 23.2 Å². The zero-order chi connectivity index (χ0) is 18.9. The molecule has 8 heteroatoms. The third-order valence-corrected chi connectivity index (χ3v) is 5.12. The predicted molar refractivity (Wildman–Crippen MR) is 95.8 cm³/mol. The minimum Gasteiger partial charge on any atom is -0.392 e. The van der Waals surface area contributed by atoms with Crippen LogP contribution in [0.4, 0.5) is 4.39 Å². The van der Waals surface area contributed by atoms with E-state index in [1.54, 1.807) is 6.07 Å². The Labute approximate surface area is 159 Å². The number of halogens is 3. The van der Waals surface area contributed by atoms with Gasteiger partial charge >= 0.3 is 0 Å². The Morgan fingerprint density at radius 2 is 2.15 bits per heavy atom. The molecule has 0 amide bonds. The molecule has 0 radical (unpaired) electrons. The van der Waals surface area contributed by atoms with Gasteiger partial charge in [-0.3, -0.25) is 15.1 Å². The molecule has 5 nitrogen and oxygen atoms in total. The number of alkyl halides is 1. The van der Waals surface area contributed by atoms with Crippen molar-refractivity contribution in [3.8, 4) is 0 Å². The summed E-state index contributed by atoms with van der Waals surface area (Å²) in [6, 6.07) is 6.05. The second-order valence-electron chi connectivity index (χ2n) is 6.15. The van der Waals surface area contributed by atoms with Crippen molar-refractivity contribution in [2.24, 2.45) is 0 Å². The van der Waals surface area contributed by atoms with Gasteiger partial charge in [0, 0.05) is 34.8 Å². The molecule has 1 aromatic carbocycles. The minimum atomic E-state index is -2.16. The number of ketones is 1. The molecule has 0 spiro atoms. The van der Waals surface area contributed by atoms with Gasteiger partial charge in [-0.25, -0.2) is 4.39 Å². The predicted octanol–water partition coefficient (Wildman–Crippen LogP) is 3.13. The summed E-state index contributed by atoms with van der Waals surface area (Å²) in [5.74, 6) is -0.246. The number of pyridine rings is 1. The van der Waals surface area contributed by atoms with Crippen molar-refractivity contribution in [1.29, 1.82) is 0 Å². The van der Waals surface area contributed by atoms with E-state index in [1.165, 1.54) is 24.4 Å². The van der Waals surface area contributed by atoms with Crippen LogP contribution in [0.15, 0.2) is 30.5 Å². The molecular formula is C18H17Cl2FN2O3. The van der Waals surface area contributed by atoms with E-state index >= 15 is 4.39 Å². The van der Waals surface area contributed by atoms with E-state index in [-0.39, 0.29) is 43.0 Å². The number of hydrogen-bond donors (Lipinski definition) is 3. The molecule has 1 aliphatic rings. The molecule has 2 unspecified atom stereocenters. The number of hydrogen-bond acceptors (Lipinski definition) is 5. The van der Waals surface area contributed by atoms with E-state index < -0.39 is 11.9 Å². The van der Waals surface area contributed by atoms with Crippen molar-refractivity contribution in [3.05, 3.63) is 62.9 Å². The third kappa shape index (κ3) is 3.48. The number of carbonyl (C=O) groups excluding carboxylic acids is 1. The summed E-state index contributed by atoms with van der Waals surface area (Å²) in [4.78, 5) is 15.9. The molecule has 1 aliphatic carbocycles. The molecule has 2 atom stereocenters. The van der Waals surface area contributed by atoms with Crippen LogP contribution in [0.25, 0.3) is 0 Å². The van der Waals surface area contributed by atoms with Gasteiger partial charge in [0.05, 0.1) is 6.61 Å². The van der Waals surface area contributed by atoms with Gasteiger partial charge in [0.25, 0.3) is 0 Å². The highest BCUT2D eigenvalue weighted by Crippen LogP contribution is 2.40. The fourth-order valence-corrected chi connectivity index (χ4v) is 3.75. The maximum Gasteiger partial charge on any atom is 0.181 e. The highest BCUT2D eigenvalue weighted by molar-refractivity contribution is 6.35. The molecule has 0 saturated carbocycles. The number of nitrogens with one attached hydrogen (secondary N) is 1. The number of benzene rings is 1. The third-order valence-electron chi connectivity index (χ3n) is 4.56. The second-order valence-corrected chi connectivity index (χ2v) is 7.00. The number of Topliss-reactive ketones (excluding diaryl/α,β-unsaturated/α-hetero) is 1. The summed E-state index contributed by atoms with van der Waals surface area (Å²) in [5.41, 5.74) is -1.05. The van der Waals surface area contributed by atoms with E-state index in [2.05, 4.69) is 10.3 Å². The molecule has 26 heavy (non-hydrogen) atoms.